The van der Waals surface area contributed by atoms with Gasteiger partial charge in [0, 0.05) is 44.3 Å². The summed E-state index contributed by atoms with van der Waals surface area (Å²) in [6.45, 7) is 2.68. The highest BCUT2D eigenvalue weighted by atomic mass is 35.5. The first-order valence-electron chi connectivity index (χ1n) is 11.0. The van der Waals surface area contributed by atoms with Crippen LogP contribution in [0.4, 0.5) is 5.82 Å². The van der Waals surface area contributed by atoms with Crippen LogP contribution in [-0.4, -0.2) is 54.5 Å². The summed E-state index contributed by atoms with van der Waals surface area (Å²) in [6.07, 6.45) is 3.82. The molecule has 1 N–H and O–H groups in total. The van der Waals surface area contributed by atoms with E-state index in [0.717, 1.165) is 29.8 Å². The first kappa shape index (κ1) is 23.0. The number of rotatable bonds is 8. The molecule has 2 heterocycles. The Morgan fingerprint density at radius 3 is 2.61 bits per heavy atom. The summed E-state index contributed by atoms with van der Waals surface area (Å²) >= 11 is 6.04. The van der Waals surface area contributed by atoms with Crippen LogP contribution in [0.25, 0.3) is 0 Å². The number of hydrogen-bond donors (Lipinski definition) is 1. The van der Waals surface area contributed by atoms with E-state index < -0.39 is 0 Å². The van der Waals surface area contributed by atoms with Crippen molar-refractivity contribution < 1.29 is 9.53 Å². The van der Waals surface area contributed by atoms with Gasteiger partial charge in [0.25, 0.3) is 5.91 Å². The summed E-state index contributed by atoms with van der Waals surface area (Å²) in [6, 6.07) is 15.7. The Morgan fingerprint density at radius 2 is 1.88 bits per heavy atom. The van der Waals surface area contributed by atoms with E-state index in [1.807, 2.05) is 72.4 Å². The van der Waals surface area contributed by atoms with Crippen LogP contribution in [0.2, 0.25) is 5.02 Å². The van der Waals surface area contributed by atoms with Crippen LogP contribution in [0.5, 0.6) is 5.75 Å². The van der Waals surface area contributed by atoms with Gasteiger partial charge in [0.1, 0.15) is 29.6 Å². The molecule has 8 heteroatoms. The topological polar surface area (TPSA) is 70.6 Å². The van der Waals surface area contributed by atoms with Crippen LogP contribution in [0, 0.1) is 0 Å². The molecule has 1 aliphatic heterocycles. The van der Waals surface area contributed by atoms with E-state index in [0.29, 0.717) is 36.0 Å². The summed E-state index contributed by atoms with van der Waals surface area (Å²) in [5.74, 6) is 1.41. The molecule has 7 nitrogen and oxygen atoms in total. The molecule has 1 amide bonds. The monoisotopic (exact) mass is 465 g/mol. The number of benzene rings is 2. The highest BCUT2D eigenvalue weighted by molar-refractivity contribution is 6.30. The standard InChI is InChI=1S/C25H28ClN5O2/c1-27-12-11-23(19-5-7-20(26)8-6-19)33-21-9-3-18(4-10-21)16-31-14-13-30(2)24-22(25(31)32)15-28-17-29-24/h3-10,15,17,23,27H,11-14,16H2,1-2H3. The minimum absolute atomic E-state index is 0.0508. The molecule has 172 valence electrons. The summed E-state index contributed by atoms with van der Waals surface area (Å²) < 4.78 is 6.30. The first-order chi connectivity index (χ1) is 16.0. The number of amides is 1. The third-order valence-corrected chi connectivity index (χ3v) is 6.00. The molecule has 0 spiro atoms. The Kier molecular flexibility index (Phi) is 7.42. The Morgan fingerprint density at radius 1 is 1.12 bits per heavy atom. The molecule has 0 radical (unpaired) electrons. The van der Waals surface area contributed by atoms with Gasteiger partial charge < -0.3 is 19.9 Å². The molecule has 2 aromatic carbocycles. The van der Waals surface area contributed by atoms with E-state index in [1.165, 1.54) is 6.33 Å². The SMILES string of the molecule is CNCCC(Oc1ccc(CN2CCN(C)c3ncncc3C2=O)cc1)c1ccc(Cl)cc1. The van der Waals surface area contributed by atoms with Crippen molar-refractivity contribution in [3.8, 4) is 5.75 Å². The van der Waals surface area contributed by atoms with Gasteiger partial charge in [-0.05, 0) is 49.0 Å². The quantitative estimate of drug-likeness (QED) is 0.543. The molecule has 1 atom stereocenters. The summed E-state index contributed by atoms with van der Waals surface area (Å²) in [4.78, 5) is 25.2. The number of nitrogens with zero attached hydrogens (tertiary/aromatic N) is 4. The third-order valence-electron chi connectivity index (χ3n) is 5.75. The van der Waals surface area contributed by atoms with Crippen LogP contribution in [0.1, 0.15) is 34.0 Å². The van der Waals surface area contributed by atoms with Crippen molar-refractivity contribution in [3.63, 3.8) is 0 Å². The number of ether oxygens (including phenoxy) is 1. The van der Waals surface area contributed by atoms with Crippen molar-refractivity contribution in [1.82, 2.24) is 20.2 Å². The number of likely N-dealkylation sites (N-methyl/N-ethyl adjacent to an activating group) is 1. The number of halogens is 1. The average Bonchev–Trinajstić information content (AvgIpc) is 2.96. The molecule has 0 saturated carbocycles. The largest absolute Gasteiger partial charge is 0.486 e. The molecule has 0 fully saturated rings. The number of hydrogen-bond acceptors (Lipinski definition) is 6. The second-order valence-electron chi connectivity index (χ2n) is 8.10. The summed E-state index contributed by atoms with van der Waals surface area (Å²) in [5, 5.41) is 3.89. The van der Waals surface area contributed by atoms with Crippen LogP contribution in [0.3, 0.4) is 0 Å². The third kappa shape index (κ3) is 5.61. The number of fused-ring (bicyclic) bond motifs is 1. The normalized spacial score (nSPS) is 14.6. The Bertz CT molecular complexity index is 1070. The van der Waals surface area contributed by atoms with Crippen LogP contribution in [-0.2, 0) is 6.54 Å². The van der Waals surface area contributed by atoms with Gasteiger partial charge in [-0.3, -0.25) is 4.79 Å². The van der Waals surface area contributed by atoms with Gasteiger partial charge in [0.2, 0.25) is 0 Å². The van der Waals surface area contributed by atoms with Gasteiger partial charge in [-0.2, -0.15) is 0 Å². The van der Waals surface area contributed by atoms with E-state index >= 15 is 0 Å². The zero-order valence-electron chi connectivity index (χ0n) is 18.9. The van der Waals surface area contributed by atoms with E-state index in [4.69, 9.17) is 16.3 Å². The maximum absolute atomic E-state index is 13.1. The van der Waals surface area contributed by atoms with E-state index in [1.54, 1.807) is 6.20 Å². The highest BCUT2D eigenvalue weighted by Crippen LogP contribution is 2.27. The van der Waals surface area contributed by atoms with Crippen molar-refractivity contribution in [3.05, 3.63) is 82.8 Å². The van der Waals surface area contributed by atoms with Crippen LogP contribution >= 0.6 is 11.6 Å². The second-order valence-corrected chi connectivity index (χ2v) is 8.54. The van der Waals surface area contributed by atoms with Crippen molar-refractivity contribution in [2.45, 2.75) is 19.1 Å². The minimum Gasteiger partial charge on any atom is -0.486 e. The molecule has 0 bridgehead atoms. The number of nitrogens with one attached hydrogen (secondary N) is 1. The van der Waals surface area contributed by atoms with Crippen molar-refractivity contribution in [2.75, 3.05) is 38.6 Å². The molecule has 33 heavy (non-hydrogen) atoms. The summed E-state index contributed by atoms with van der Waals surface area (Å²) in [7, 11) is 3.88. The smallest absolute Gasteiger partial charge is 0.259 e. The van der Waals surface area contributed by atoms with Gasteiger partial charge >= 0.3 is 0 Å². The van der Waals surface area contributed by atoms with Gasteiger partial charge in [0.05, 0.1) is 0 Å². The highest BCUT2D eigenvalue weighted by Gasteiger charge is 2.26. The molecular weight excluding hydrogens is 438 g/mol. The van der Waals surface area contributed by atoms with Crippen molar-refractivity contribution >= 4 is 23.3 Å². The van der Waals surface area contributed by atoms with Crippen molar-refractivity contribution in [2.24, 2.45) is 0 Å². The van der Waals surface area contributed by atoms with E-state index in [2.05, 4.69) is 15.3 Å². The molecule has 3 aromatic rings. The van der Waals surface area contributed by atoms with Crippen molar-refractivity contribution in [1.29, 1.82) is 0 Å². The zero-order chi connectivity index (χ0) is 23.2. The Labute approximate surface area is 199 Å². The molecule has 1 unspecified atom stereocenters. The lowest BCUT2D eigenvalue weighted by Crippen LogP contribution is -2.33. The number of carbonyl (C=O) groups is 1. The first-order valence-corrected chi connectivity index (χ1v) is 11.4. The van der Waals surface area contributed by atoms with E-state index in [-0.39, 0.29) is 12.0 Å². The number of carbonyl (C=O) groups excluding carboxylic acids is 1. The zero-order valence-corrected chi connectivity index (χ0v) is 19.6. The van der Waals surface area contributed by atoms with Gasteiger partial charge in [-0.1, -0.05) is 35.9 Å². The number of anilines is 1. The molecule has 4 rings (SSSR count). The Hall–Kier alpha value is -3.16. The van der Waals surface area contributed by atoms with Gasteiger partial charge in [-0.15, -0.1) is 0 Å². The summed E-state index contributed by atoms with van der Waals surface area (Å²) in [5.41, 5.74) is 2.66. The van der Waals surface area contributed by atoms with Crippen LogP contribution in [0.15, 0.2) is 61.1 Å². The predicted octanol–water partition coefficient (Wildman–Crippen LogP) is 3.95. The number of aromatic nitrogens is 2. The maximum Gasteiger partial charge on any atom is 0.259 e. The van der Waals surface area contributed by atoms with E-state index in [9.17, 15) is 4.79 Å². The van der Waals surface area contributed by atoms with Gasteiger partial charge in [0.15, 0.2) is 0 Å². The fraction of sp³-hybridized carbons (Fsp3) is 0.320. The minimum atomic E-state index is -0.0835. The predicted molar refractivity (Wildman–Crippen MR) is 130 cm³/mol. The molecule has 0 saturated heterocycles. The lowest BCUT2D eigenvalue weighted by Gasteiger charge is -2.22. The lowest BCUT2D eigenvalue weighted by atomic mass is 10.1. The lowest BCUT2D eigenvalue weighted by molar-refractivity contribution is 0.0754. The maximum atomic E-state index is 13.1. The molecular formula is C25H28ClN5O2. The van der Waals surface area contributed by atoms with Gasteiger partial charge in [-0.25, -0.2) is 9.97 Å². The molecule has 1 aromatic heterocycles. The Balaban J connectivity index is 1.45. The molecule has 1 aliphatic rings. The average molecular weight is 466 g/mol. The molecule has 0 aliphatic carbocycles. The second kappa shape index (κ2) is 10.6. The fourth-order valence-corrected chi connectivity index (χ4v) is 4.01. The fourth-order valence-electron chi connectivity index (χ4n) is 3.88. The van der Waals surface area contributed by atoms with Crippen LogP contribution < -0.4 is 15.0 Å².